The first-order valence-corrected chi connectivity index (χ1v) is 6.34. The number of nitrogens with zero attached hydrogens (tertiary/aromatic N) is 1. The van der Waals surface area contributed by atoms with Crippen LogP contribution in [0.3, 0.4) is 0 Å². The smallest absolute Gasteiger partial charge is 0.399 e. The van der Waals surface area contributed by atoms with E-state index >= 15 is 0 Å². The van der Waals surface area contributed by atoms with Gasteiger partial charge in [-0.3, -0.25) is 0 Å². The van der Waals surface area contributed by atoms with Crippen molar-refractivity contribution < 1.29 is 13.2 Å². The number of hydrogen-bond donors (Lipinski definition) is 1. The molecule has 1 aromatic rings. The number of anilines is 1. The van der Waals surface area contributed by atoms with Crippen LogP contribution in [-0.2, 0) is 12.7 Å². The van der Waals surface area contributed by atoms with Gasteiger partial charge >= 0.3 is 6.18 Å². The zero-order valence-electron chi connectivity index (χ0n) is 11.6. The van der Waals surface area contributed by atoms with E-state index in [9.17, 15) is 13.2 Å². The summed E-state index contributed by atoms with van der Waals surface area (Å²) < 4.78 is 38.8. The Labute approximate surface area is 112 Å². The molecule has 1 rings (SSSR count). The molecule has 0 spiro atoms. The summed E-state index contributed by atoms with van der Waals surface area (Å²) in [6, 6.07) is 3.98. The summed E-state index contributed by atoms with van der Waals surface area (Å²) in [6.45, 7) is 5.25. The van der Waals surface area contributed by atoms with Gasteiger partial charge in [-0.1, -0.05) is 19.9 Å². The van der Waals surface area contributed by atoms with Gasteiger partial charge < -0.3 is 10.6 Å². The number of halogens is 3. The molecule has 0 amide bonds. The topological polar surface area (TPSA) is 29.3 Å². The minimum Gasteiger partial charge on any atom is -0.399 e. The molecule has 2 N–H and O–H groups in total. The summed E-state index contributed by atoms with van der Waals surface area (Å²) in [5.74, 6) is 0.538. The van der Waals surface area contributed by atoms with Gasteiger partial charge in [-0.25, -0.2) is 0 Å². The standard InChI is InChI=1S/C14H21F3N2/c1-10(2)6-7-19(3)9-11-4-5-12(18)8-13(11)14(15,16)17/h4-5,8,10H,6-7,9,18H2,1-3H3. The second-order valence-electron chi connectivity index (χ2n) is 5.33. The average Bonchev–Trinajstić information content (AvgIpc) is 2.27. The van der Waals surface area contributed by atoms with Crippen molar-refractivity contribution in [2.45, 2.75) is 33.0 Å². The predicted octanol–water partition coefficient (Wildman–Crippen LogP) is 3.77. The molecule has 0 saturated heterocycles. The highest BCUT2D eigenvalue weighted by Crippen LogP contribution is 2.33. The highest BCUT2D eigenvalue weighted by Gasteiger charge is 2.33. The van der Waals surface area contributed by atoms with Crippen molar-refractivity contribution in [3.8, 4) is 0 Å². The summed E-state index contributed by atoms with van der Waals surface area (Å²) in [5, 5.41) is 0. The minimum absolute atomic E-state index is 0.140. The van der Waals surface area contributed by atoms with E-state index in [-0.39, 0.29) is 17.8 Å². The van der Waals surface area contributed by atoms with E-state index < -0.39 is 11.7 Å². The second-order valence-corrected chi connectivity index (χ2v) is 5.33. The average molecular weight is 274 g/mol. The molecule has 0 aromatic heterocycles. The van der Waals surface area contributed by atoms with Gasteiger partial charge in [-0.15, -0.1) is 0 Å². The van der Waals surface area contributed by atoms with Crippen LogP contribution in [0.2, 0.25) is 0 Å². The van der Waals surface area contributed by atoms with E-state index in [0.29, 0.717) is 5.92 Å². The molecule has 1 aromatic carbocycles. The number of rotatable bonds is 5. The number of alkyl halides is 3. The van der Waals surface area contributed by atoms with Crippen LogP contribution in [0.15, 0.2) is 18.2 Å². The largest absolute Gasteiger partial charge is 0.416 e. The molecule has 0 fully saturated rings. The van der Waals surface area contributed by atoms with Crippen LogP contribution >= 0.6 is 0 Å². The molecule has 0 heterocycles. The molecule has 2 nitrogen and oxygen atoms in total. The molecule has 0 bridgehead atoms. The molecular formula is C14H21F3N2. The van der Waals surface area contributed by atoms with Gasteiger partial charge in [0, 0.05) is 12.2 Å². The third kappa shape index (κ3) is 5.11. The highest BCUT2D eigenvalue weighted by atomic mass is 19.4. The fourth-order valence-electron chi connectivity index (χ4n) is 1.84. The summed E-state index contributed by atoms with van der Waals surface area (Å²) >= 11 is 0. The van der Waals surface area contributed by atoms with Crippen molar-refractivity contribution in [1.29, 1.82) is 0 Å². The second kappa shape index (κ2) is 6.28. The van der Waals surface area contributed by atoms with Crippen LogP contribution in [0.5, 0.6) is 0 Å². The summed E-state index contributed by atoms with van der Waals surface area (Å²) in [5.41, 5.74) is 5.22. The molecule has 0 aliphatic carbocycles. The minimum atomic E-state index is -4.36. The first-order chi connectivity index (χ1) is 8.70. The van der Waals surface area contributed by atoms with Crippen molar-refractivity contribution >= 4 is 5.69 Å². The Morgan fingerprint density at radius 2 is 1.89 bits per heavy atom. The maximum Gasteiger partial charge on any atom is 0.416 e. The lowest BCUT2D eigenvalue weighted by Crippen LogP contribution is -2.22. The lowest BCUT2D eigenvalue weighted by molar-refractivity contribution is -0.138. The molecule has 0 aliphatic heterocycles. The molecule has 0 radical (unpaired) electrons. The Balaban J connectivity index is 2.83. The number of hydrogen-bond acceptors (Lipinski definition) is 2. The van der Waals surface area contributed by atoms with Gasteiger partial charge in [0.1, 0.15) is 0 Å². The number of nitrogens with two attached hydrogens (primary N) is 1. The van der Waals surface area contributed by atoms with Crippen molar-refractivity contribution in [1.82, 2.24) is 4.90 Å². The Bertz CT molecular complexity index is 414. The maximum atomic E-state index is 12.9. The SMILES string of the molecule is CC(C)CCN(C)Cc1ccc(N)cc1C(F)(F)F. The number of nitrogen functional groups attached to an aromatic ring is 1. The van der Waals surface area contributed by atoms with Crippen molar-refractivity contribution in [3.05, 3.63) is 29.3 Å². The third-order valence-electron chi connectivity index (χ3n) is 2.97. The Morgan fingerprint density at radius 3 is 2.42 bits per heavy atom. The third-order valence-corrected chi connectivity index (χ3v) is 2.97. The van der Waals surface area contributed by atoms with E-state index in [0.717, 1.165) is 19.0 Å². The van der Waals surface area contributed by atoms with E-state index in [1.165, 1.54) is 12.1 Å². The van der Waals surface area contributed by atoms with E-state index in [1.807, 2.05) is 11.9 Å². The Hall–Kier alpha value is -1.23. The van der Waals surface area contributed by atoms with Gasteiger partial charge in [0.2, 0.25) is 0 Å². The van der Waals surface area contributed by atoms with Crippen LogP contribution < -0.4 is 5.73 Å². The quantitative estimate of drug-likeness (QED) is 0.828. The van der Waals surface area contributed by atoms with E-state index in [1.54, 1.807) is 0 Å². The molecule has 108 valence electrons. The fraction of sp³-hybridized carbons (Fsp3) is 0.571. The highest BCUT2D eigenvalue weighted by molar-refractivity contribution is 5.46. The van der Waals surface area contributed by atoms with E-state index in [2.05, 4.69) is 13.8 Å². The zero-order chi connectivity index (χ0) is 14.6. The zero-order valence-corrected chi connectivity index (χ0v) is 11.6. The first-order valence-electron chi connectivity index (χ1n) is 6.34. The molecule has 19 heavy (non-hydrogen) atoms. The monoisotopic (exact) mass is 274 g/mol. The van der Waals surface area contributed by atoms with Gasteiger partial charge in [-0.2, -0.15) is 13.2 Å². The van der Waals surface area contributed by atoms with Gasteiger partial charge in [-0.05, 0) is 43.6 Å². The molecule has 0 saturated carbocycles. The lowest BCUT2D eigenvalue weighted by Gasteiger charge is -2.21. The van der Waals surface area contributed by atoms with Crippen LogP contribution in [0.25, 0.3) is 0 Å². The van der Waals surface area contributed by atoms with Crippen molar-refractivity contribution in [3.63, 3.8) is 0 Å². The van der Waals surface area contributed by atoms with Gasteiger partial charge in [0.05, 0.1) is 5.56 Å². The normalized spacial score (nSPS) is 12.4. The van der Waals surface area contributed by atoms with Crippen LogP contribution in [0, 0.1) is 5.92 Å². The van der Waals surface area contributed by atoms with E-state index in [4.69, 9.17) is 5.73 Å². The van der Waals surface area contributed by atoms with Gasteiger partial charge in [0.15, 0.2) is 0 Å². The molecular weight excluding hydrogens is 253 g/mol. The maximum absolute atomic E-state index is 12.9. The lowest BCUT2D eigenvalue weighted by atomic mass is 10.0. The van der Waals surface area contributed by atoms with Crippen LogP contribution in [0.4, 0.5) is 18.9 Å². The predicted molar refractivity (Wildman–Crippen MR) is 71.6 cm³/mol. The van der Waals surface area contributed by atoms with Gasteiger partial charge in [0.25, 0.3) is 0 Å². The number of benzene rings is 1. The fourth-order valence-corrected chi connectivity index (χ4v) is 1.84. The molecule has 5 heteroatoms. The molecule has 0 unspecified atom stereocenters. The van der Waals surface area contributed by atoms with Crippen LogP contribution in [-0.4, -0.2) is 18.5 Å². The summed E-state index contributed by atoms with van der Waals surface area (Å²) in [6.07, 6.45) is -3.39. The molecule has 0 aliphatic rings. The van der Waals surface area contributed by atoms with Crippen molar-refractivity contribution in [2.75, 3.05) is 19.3 Å². The Morgan fingerprint density at radius 1 is 1.26 bits per heavy atom. The summed E-state index contributed by atoms with van der Waals surface area (Å²) in [4.78, 5) is 1.90. The Kier molecular flexibility index (Phi) is 5.23. The molecule has 0 atom stereocenters. The van der Waals surface area contributed by atoms with Crippen molar-refractivity contribution in [2.24, 2.45) is 5.92 Å². The first kappa shape index (κ1) is 15.8. The van der Waals surface area contributed by atoms with Crippen LogP contribution in [0.1, 0.15) is 31.4 Å². The summed E-state index contributed by atoms with van der Waals surface area (Å²) in [7, 11) is 1.83.